The van der Waals surface area contributed by atoms with Crippen molar-refractivity contribution in [2.75, 3.05) is 10.6 Å². The first kappa shape index (κ1) is 23.3. The van der Waals surface area contributed by atoms with Crippen LogP contribution in [0.2, 0.25) is 0 Å². The fourth-order valence-electron chi connectivity index (χ4n) is 4.66. The van der Waals surface area contributed by atoms with E-state index in [0.29, 0.717) is 0 Å². The average Bonchev–Trinajstić information content (AvgIpc) is 2.99. The Morgan fingerprint density at radius 1 is 0.237 bits per heavy atom. The van der Waals surface area contributed by atoms with Gasteiger partial charge < -0.3 is 10.6 Å². The topological polar surface area (TPSA) is 24.1 Å². The van der Waals surface area contributed by atoms with Crippen molar-refractivity contribution in [2.45, 2.75) is 0 Å². The quantitative estimate of drug-likeness (QED) is 0.233. The molecule has 6 aromatic carbocycles. The highest BCUT2D eigenvalue weighted by molar-refractivity contribution is 5.79. The molecule has 0 aliphatic carbocycles. The second kappa shape index (κ2) is 10.9. The Hall–Kier alpha value is -5.08. The van der Waals surface area contributed by atoms with E-state index in [1.807, 2.05) is 18.2 Å². The molecule has 2 nitrogen and oxygen atoms in total. The first-order valence-corrected chi connectivity index (χ1v) is 12.9. The van der Waals surface area contributed by atoms with Gasteiger partial charge >= 0.3 is 0 Å². The lowest BCUT2D eigenvalue weighted by Crippen LogP contribution is -1.95. The van der Waals surface area contributed by atoms with Crippen LogP contribution in [0.4, 0.5) is 22.7 Å². The largest absolute Gasteiger partial charge is 0.355 e. The van der Waals surface area contributed by atoms with Crippen LogP contribution in [0.25, 0.3) is 33.4 Å². The molecular weight excluding hydrogens is 460 g/mol. The van der Waals surface area contributed by atoms with Crippen molar-refractivity contribution in [3.8, 4) is 33.4 Å². The molecule has 0 saturated carbocycles. The predicted octanol–water partition coefficient (Wildman–Crippen LogP) is 10.2. The van der Waals surface area contributed by atoms with Crippen molar-refractivity contribution in [1.82, 2.24) is 0 Å². The fourth-order valence-corrected chi connectivity index (χ4v) is 4.66. The maximum atomic E-state index is 3.61. The summed E-state index contributed by atoms with van der Waals surface area (Å²) in [5, 5.41) is 7.22. The minimum atomic E-state index is 1.03. The molecule has 0 atom stereocenters. The molecule has 182 valence electrons. The molecule has 0 saturated heterocycles. The van der Waals surface area contributed by atoms with Crippen LogP contribution in [0.1, 0.15) is 0 Å². The molecule has 0 aromatic heterocycles. The predicted molar refractivity (Wildman–Crippen MR) is 162 cm³/mol. The standard InChI is InChI=1S/C36H28N2/c1-4-10-27(11-5-1)30-16-20-33(21-17-30)37-35-24-32(29-14-8-3-9-15-29)25-36(26-35)38-34-22-18-31(19-23-34)28-12-6-2-7-13-28/h1-26,37-38H. The van der Waals surface area contributed by atoms with Gasteiger partial charge in [-0.1, -0.05) is 115 Å². The van der Waals surface area contributed by atoms with Gasteiger partial charge in [-0.3, -0.25) is 0 Å². The zero-order valence-electron chi connectivity index (χ0n) is 21.0. The third-order valence-electron chi connectivity index (χ3n) is 6.60. The van der Waals surface area contributed by atoms with Gasteiger partial charge in [0, 0.05) is 22.7 Å². The van der Waals surface area contributed by atoms with E-state index in [4.69, 9.17) is 0 Å². The van der Waals surface area contributed by atoms with Crippen LogP contribution in [0.15, 0.2) is 158 Å². The molecule has 6 aromatic rings. The van der Waals surface area contributed by atoms with E-state index in [9.17, 15) is 0 Å². The summed E-state index contributed by atoms with van der Waals surface area (Å²) >= 11 is 0. The first-order chi connectivity index (χ1) is 18.8. The summed E-state index contributed by atoms with van der Waals surface area (Å²) in [4.78, 5) is 0. The van der Waals surface area contributed by atoms with Crippen molar-refractivity contribution in [3.05, 3.63) is 158 Å². The highest BCUT2D eigenvalue weighted by atomic mass is 14.9. The van der Waals surface area contributed by atoms with Crippen molar-refractivity contribution < 1.29 is 0 Å². The van der Waals surface area contributed by atoms with Gasteiger partial charge in [-0.15, -0.1) is 0 Å². The van der Waals surface area contributed by atoms with Gasteiger partial charge in [0.1, 0.15) is 0 Å². The lowest BCUT2D eigenvalue weighted by atomic mass is 10.0. The summed E-state index contributed by atoms with van der Waals surface area (Å²) in [7, 11) is 0. The molecule has 0 unspecified atom stereocenters. The van der Waals surface area contributed by atoms with Crippen molar-refractivity contribution >= 4 is 22.7 Å². The highest BCUT2D eigenvalue weighted by Crippen LogP contribution is 2.32. The normalized spacial score (nSPS) is 10.6. The van der Waals surface area contributed by atoms with E-state index in [2.05, 4.69) is 150 Å². The number of hydrogen-bond acceptors (Lipinski definition) is 2. The van der Waals surface area contributed by atoms with Crippen LogP contribution in [0, 0.1) is 0 Å². The molecule has 0 amide bonds. The Labute approximate surface area is 224 Å². The van der Waals surface area contributed by atoms with Crippen LogP contribution < -0.4 is 10.6 Å². The van der Waals surface area contributed by atoms with Gasteiger partial charge in [0.25, 0.3) is 0 Å². The van der Waals surface area contributed by atoms with Crippen LogP contribution in [-0.4, -0.2) is 0 Å². The van der Waals surface area contributed by atoms with E-state index >= 15 is 0 Å². The van der Waals surface area contributed by atoms with Gasteiger partial charge in [0.15, 0.2) is 0 Å². The van der Waals surface area contributed by atoms with Crippen LogP contribution in [-0.2, 0) is 0 Å². The molecular formula is C36H28N2. The lowest BCUT2D eigenvalue weighted by Gasteiger charge is -2.14. The van der Waals surface area contributed by atoms with E-state index < -0.39 is 0 Å². The SMILES string of the molecule is c1ccc(-c2ccc(Nc3cc(Nc4ccc(-c5ccccc5)cc4)cc(-c4ccccc4)c3)cc2)cc1. The third-order valence-corrected chi connectivity index (χ3v) is 6.60. The molecule has 2 heteroatoms. The van der Waals surface area contributed by atoms with Crippen molar-refractivity contribution in [2.24, 2.45) is 0 Å². The molecule has 0 spiro atoms. The summed E-state index contributed by atoms with van der Waals surface area (Å²) in [5.74, 6) is 0. The maximum Gasteiger partial charge on any atom is 0.0411 e. The lowest BCUT2D eigenvalue weighted by molar-refractivity contribution is 1.50. The molecule has 6 rings (SSSR count). The molecule has 0 bridgehead atoms. The zero-order valence-corrected chi connectivity index (χ0v) is 21.0. The Kier molecular flexibility index (Phi) is 6.69. The summed E-state index contributed by atoms with van der Waals surface area (Å²) in [6.45, 7) is 0. The second-order valence-electron chi connectivity index (χ2n) is 9.30. The number of rotatable bonds is 7. The van der Waals surface area contributed by atoms with E-state index in [1.54, 1.807) is 0 Å². The van der Waals surface area contributed by atoms with Gasteiger partial charge in [0.05, 0.1) is 0 Å². The molecule has 0 aliphatic rings. The molecule has 2 N–H and O–H groups in total. The summed E-state index contributed by atoms with van der Waals surface area (Å²) < 4.78 is 0. The Morgan fingerprint density at radius 3 is 0.921 bits per heavy atom. The van der Waals surface area contributed by atoms with Crippen molar-refractivity contribution in [3.63, 3.8) is 0 Å². The summed E-state index contributed by atoms with van der Waals surface area (Å²) in [6.07, 6.45) is 0. The van der Waals surface area contributed by atoms with Crippen LogP contribution in [0.5, 0.6) is 0 Å². The van der Waals surface area contributed by atoms with E-state index in [1.165, 1.54) is 27.8 Å². The van der Waals surface area contributed by atoms with Crippen molar-refractivity contribution in [1.29, 1.82) is 0 Å². The molecule has 38 heavy (non-hydrogen) atoms. The van der Waals surface area contributed by atoms with E-state index in [0.717, 1.165) is 28.3 Å². The molecule has 0 fully saturated rings. The maximum absolute atomic E-state index is 3.61. The Bertz CT molecular complexity index is 1500. The minimum absolute atomic E-state index is 1.03. The molecule has 0 aliphatic heterocycles. The fraction of sp³-hybridized carbons (Fsp3) is 0. The third kappa shape index (κ3) is 5.50. The van der Waals surface area contributed by atoms with Crippen LogP contribution in [0.3, 0.4) is 0 Å². The molecule has 0 heterocycles. The summed E-state index contributed by atoms with van der Waals surface area (Å²) in [5.41, 5.74) is 11.3. The highest BCUT2D eigenvalue weighted by Gasteiger charge is 2.06. The smallest absolute Gasteiger partial charge is 0.0411 e. The van der Waals surface area contributed by atoms with Gasteiger partial charge in [-0.05, 0) is 75.8 Å². The Balaban J connectivity index is 1.27. The Morgan fingerprint density at radius 2 is 0.553 bits per heavy atom. The second-order valence-corrected chi connectivity index (χ2v) is 9.30. The van der Waals surface area contributed by atoms with Gasteiger partial charge in [-0.25, -0.2) is 0 Å². The number of anilines is 4. The zero-order chi connectivity index (χ0) is 25.6. The molecule has 0 radical (unpaired) electrons. The van der Waals surface area contributed by atoms with Gasteiger partial charge in [-0.2, -0.15) is 0 Å². The van der Waals surface area contributed by atoms with E-state index in [-0.39, 0.29) is 0 Å². The number of hydrogen-bond donors (Lipinski definition) is 2. The average molecular weight is 489 g/mol. The van der Waals surface area contributed by atoms with Gasteiger partial charge in [0.2, 0.25) is 0 Å². The monoisotopic (exact) mass is 488 g/mol. The van der Waals surface area contributed by atoms with Crippen LogP contribution >= 0.6 is 0 Å². The first-order valence-electron chi connectivity index (χ1n) is 12.9. The number of benzene rings is 6. The summed E-state index contributed by atoms with van der Waals surface area (Å²) in [6, 6.07) is 55.1. The number of nitrogens with one attached hydrogen (secondary N) is 2. The minimum Gasteiger partial charge on any atom is -0.355 e.